The molecule has 32 heavy (non-hydrogen) atoms. The van der Waals surface area contributed by atoms with Gasteiger partial charge in [0.1, 0.15) is 11.6 Å². The molecule has 0 radical (unpaired) electrons. The average Bonchev–Trinajstić information content (AvgIpc) is 3.40. The Hall–Kier alpha value is -3.36. The standard InChI is InChI=1S/C22H18Cl2FN5O2/c1-14-10-17(4-5-18(14)23)32-13-30-8-6-20(27-30)22(31)26-21-7-9-29(28-21)12-15-2-3-16(25)11-19(15)24/h2-11H,12-13H2,1H3,(H,26,28,31). The summed E-state index contributed by atoms with van der Waals surface area (Å²) in [7, 11) is 0. The fourth-order valence-corrected chi connectivity index (χ4v) is 3.27. The third kappa shape index (κ3) is 5.27. The second-order valence-electron chi connectivity index (χ2n) is 7.01. The maximum Gasteiger partial charge on any atom is 0.277 e. The van der Waals surface area contributed by atoms with Crippen molar-refractivity contribution in [1.29, 1.82) is 0 Å². The van der Waals surface area contributed by atoms with Crippen LogP contribution in [-0.4, -0.2) is 25.5 Å². The van der Waals surface area contributed by atoms with Crippen LogP contribution in [0.15, 0.2) is 60.9 Å². The molecular formula is C22H18Cl2FN5O2. The third-order valence-corrected chi connectivity index (χ3v) is 5.37. The number of nitrogens with zero attached hydrogens (tertiary/aromatic N) is 4. The zero-order chi connectivity index (χ0) is 22.7. The zero-order valence-electron chi connectivity index (χ0n) is 16.9. The van der Waals surface area contributed by atoms with Crippen molar-refractivity contribution in [3.63, 3.8) is 0 Å². The molecule has 1 amide bonds. The lowest BCUT2D eigenvalue weighted by Crippen LogP contribution is -2.15. The first-order chi connectivity index (χ1) is 15.4. The van der Waals surface area contributed by atoms with Gasteiger partial charge in [0.05, 0.1) is 6.54 Å². The van der Waals surface area contributed by atoms with Crippen LogP contribution < -0.4 is 10.1 Å². The van der Waals surface area contributed by atoms with Crippen molar-refractivity contribution in [3.8, 4) is 5.75 Å². The third-order valence-electron chi connectivity index (χ3n) is 4.60. The maximum absolute atomic E-state index is 13.2. The van der Waals surface area contributed by atoms with Gasteiger partial charge in [-0.15, -0.1) is 0 Å². The number of hydrogen-bond acceptors (Lipinski definition) is 4. The molecule has 0 aliphatic heterocycles. The average molecular weight is 474 g/mol. The lowest BCUT2D eigenvalue weighted by Gasteiger charge is -2.07. The van der Waals surface area contributed by atoms with Gasteiger partial charge in [-0.3, -0.25) is 9.48 Å². The highest BCUT2D eigenvalue weighted by atomic mass is 35.5. The number of nitrogens with one attached hydrogen (secondary N) is 1. The van der Waals surface area contributed by atoms with Crippen molar-refractivity contribution < 1.29 is 13.9 Å². The van der Waals surface area contributed by atoms with Gasteiger partial charge in [-0.2, -0.15) is 10.2 Å². The van der Waals surface area contributed by atoms with E-state index < -0.39 is 11.7 Å². The maximum atomic E-state index is 13.2. The highest BCUT2D eigenvalue weighted by Crippen LogP contribution is 2.21. The number of ether oxygens (including phenoxy) is 1. The second kappa shape index (κ2) is 9.42. The predicted octanol–water partition coefficient (Wildman–Crippen LogP) is 5.17. The topological polar surface area (TPSA) is 74.0 Å². The molecule has 0 bridgehead atoms. The van der Waals surface area contributed by atoms with E-state index in [2.05, 4.69) is 15.5 Å². The van der Waals surface area contributed by atoms with Crippen molar-refractivity contribution >= 4 is 34.9 Å². The second-order valence-corrected chi connectivity index (χ2v) is 7.83. The molecule has 1 N–H and O–H groups in total. The van der Waals surface area contributed by atoms with Crippen LogP contribution in [0.25, 0.3) is 0 Å². The summed E-state index contributed by atoms with van der Waals surface area (Å²) >= 11 is 12.1. The summed E-state index contributed by atoms with van der Waals surface area (Å²) in [5, 5.41) is 12.2. The molecule has 0 saturated carbocycles. The predicted molar refractivity (Wildman–Crippen MR) is 120 cm³/mol. The Morgan fingerprint density at radius 1 is 1.03 bits per heavy atom. The number of halogens is 3. The first-order valence-electron chi connectivity index (χ1n) is 9.58. The first-order valence-corrected chi connectivity index (χ1v) is 10.3. The SMILES string of the molecule is Cc1cc(OCn2ccc(C(=O)Nc3ccn(Cc4ccc(F)cc4Cl)n3)n2)ccc1Cl. The Kier molecular flexibility index (Phi) is 6.43. The van der Waals surface area contributed by atoms with Crippen LogP contribution in [0.2, 0.25) is 10.0 Å². The number of aryl methyl sites for hydroxylation is 1. The van der Waals surface area contributed by atoms with Crippen molar-refractivity contribution in [2.75, 3.05) is 5.32 Å². The molecule has 0 spiro atoms. The molecule has 7 nitrogen and oxygen atoms in total. The lowest BCUT2D eigenvalue weighted by atomic mass is 10.2. The minimum absolute atomic E-state index is 0.140. The highest BCUT2D eigenvalue weighted by molar-refractivity contribution is 6.31. The molecule has 2 heterocycles. The smallest absolute Gasteiger partial charge is 0.277 e. The number of anilines is 1. The molecule has 2 aromatic carbocycles. The van der Waals surface area contributed by atoms with Crippen molar-refractivity contribution in [3.05, 3.63) is 93.6 Å². The van der Waals surface area contributed by atoms with E-state index in [1.54, 1.807) is 47.4 Å². The molecule has 2 aromatic heterocycles. The van der Waals surface area contributed by atoms with Gasteiger partial charge < -0.3 is 10.1 Å². The van der Waals surface area contributed by atoms with E-state index in [4.69, 9.17) is 27.9 Å². The molecule has 164 valence electrons. The van der Waals surface area contributed by atoms with Crippen molar-refractivity contribution in [1.82, 2.24) is 19.6 Å². The summed E-state index contributed by atoms with van der Waals surface area (Å²) < 4.78 is 22.0. The van der Waals surface area contributed by atoms with E-state index >= 15 is 0 Å². The lowest BCUT2D eigenvalue weighted by molar-refractivity contribution is 0.101. The van der Waals surface area contributed by atoms with Gasteiger partial charge in [0.25, 0.3) is 5.91 Å². The van der Waals surface area contributed by atoms with E-state index in [-0.39, 0.29) is 12.4 Å². The minimum Gasteiger partial charge on any atom is -0.471 e. The minimum atomic E-state index is -0.406. The zero-order valence-corrected chi connectivity index (χ0v) is 18.4. The van der Waals surface area contributed by atoms with Gasteiger partial charge in [0, 0.05) is 28.5 Å². The van der Waals surface area contributed by atoms with Crippen LogP contribution in [0.4, 0.5) is 10.2 Å². The van der Waals surface area contributed by atoms with Gasteiger partial charge in [0.2, 0.25) is 0 Å². The summed E-state index contributed by atoms with van der Waals surface area (Å²) in [6, 6.07) is 12.8. The molecule has 0 saturated heterocycles. The molecule has 4 aromatic rings. The molecule has 0 atom stereocenters. The Bertz CT molecular complexity index is 1270. The normalized spacial score (nSPS) is 10.9. The van der Waals surface area contributed by atoms with E-state index in [9.17, 15) is 9.18 Å². The monoisotopic (exact) mass is 473 g/mol. The molecule has 0 fully saturated rings. The van der Waals surface area contributed by atoms with Gasteiger partial charge >= 0.3 is 0 Å². The Morgan fingerprint density at radius 2 is 1.84 bits per heavy atom. The van der Waals surface area contributed by atoms with Gasteiger partial charge in [-0.1, -0.05) is 29.3 Å². The Morgan fingerprint density at radius 3 is 2.62 bits per heavy atom. The van der Waals surface area contributed by atoms with Crippen molar-refractivity contribution in [2.24, 2.45) is 0 Å². The number of aromatic nitrogens is 4. The van der Waals surface area contributed by atoms with E-state index in [0.717, 1.165) is 5.56 Å². The van der Waals surface area contributed by atoms with Crippen LogP contribution in [-0.2, 0) is 13.3 Å². The number of rotatable bonds is 7. The van der Waals surface area contributed by atoms with Crippen LogP contribution in [0, 0.1) is 12.7 Å². The molecular weight excluding hydrogens is 456 g/mol. The van der Waals surface area contributed by atoms with Crippen LogP contribution in [0.1, 0.15) is 21.6 Å². The number of carbonyl (C=O) groups is 1. The number of benzene rings is 2. The Labute approximate surface area is 193 Å². The summed E-state index contributed by atoms with van der Waals surface area (Å²) in [5.74, 6) is 0.201. The van der Waals surface area contributed by atoms with Crippen LogP contribution in [0.5, 0.6) is 5.75 Å². The van der Waals surface area contributed by atoms with E-state index in [1.165, 1.54) is 16.8 Å². The quantitative estimate of drug-likeness (QED) is 0.401. The van der Waals surface area contributed by atoms with E-state index in [1.807, 2.05) is 13.0 Å². The molecule has 4 rings (SSSR count). The van der Waals surface area contributed by atoms with Crippen LogP contribution >= 0.6 is 23.2 Å². The Balaban J connectivity index is 1.34. The molecule has 0 unspecified atom stereocenters. The molecule has 10 heteroatoms. The fourth-order valence-electron chi connectivity index (χ4n) is 2.92. The van der Waals surface area contributed by atoms with Gasteiger partial charge in [-0.25, -0.2) is 9.07 Å². The number of carbonyl (C=O) groups excluding carboxylic acids is 1. The van der Waals surface area contributed by atoms with Crippen molar-refractivity contribution in [2.45, 2.75) is 20.2 Å². The summed E-state index contributed by atoms with van der Waals surface area (Å²) in [4.78, 5) is 12.5. The first kappa shape index (κ1) is 21.9. The fraction of sp³-hybridized carbons (Fsp3) is 0.136. The summed E-state index contributed by atoms with van der Waals surface area (Å²) in [6.07, 6.45) is 3.34. The van der Waals surface area contributed by atoms with Gasteiger partial charge in [0.15, 0.2) is 18.2 Å². The largest absolute Gasteiger partial charge is 0.471 e. The summed E-state index contributed by atoms with van der Waals surface area (Å²) in [6.45, 7) is 2.37. The van der Waals surface area contributed by atoms with E-state index in [0.29, 0.717) is 33.7 Å². The molecule has 0 aliphatic rings. The van der Waals surface area contributed by atoms with Gasteiger partial charge in [-0.05, 0) is 54.4 Å². The highest BCUT2D eigenvalue weighted by Gasteiger charge is 2.12. The molecule has 0 aliphatic carbocycles. The number of hydrogen-bond donors (Lipinski definition) is 1. The number of amides is 1. The summed E-state index contributed by atoms with van der Waals surface area (Å²) in [5.41, 5.74) is 1.84. The van der Waals surface area contributed by atoms with Crippen LogP contribution in [0.3, 0.4) is 0 Å².